The zero-order chi connectivity index (χ0) is 23.6. The molecule has 1 atom stereocenters. The van der Waals surface area contributed by atoms with Crippen LogP contribution in [0.25, 0.3) is 0 Å². The van der Waals surface area contributed by atoms with Crippen molar-refractivity contribution < 1.29 is 18.0 Å². The van der Waals surface area contributed by atoms with Crippen molar-refractivity contribution >= 4 is 27.5 Å². The third kappa shape index (κ3) is 4.96. The van der Waals surface area contributed by atoms with Gasteiger partial charge in [0.2, 0.25) is 21.8 Å². The summed E-state index contributed by atoms with van der Waals surface area (Å²) >= 11 is 0. The average molecular weight is 470 g/mol. The maximum Gasteiger partial charge on any atom is 0.249 e. The lowest BCUT2D eigenvalue weighted by Gasteiger charge is -2.33. The molecule has 7 nitrogen and oxygen atoms in total. The Kier molecular flexibility index (Phi) is 6.86. The van der Waals surface area contributed by atoms with Crippen molar-refractivity contribution in [3.8, 4) is 0 Å². The Morgan fingerprint density at radius 3 is 2.36 bits per heavy atom. The highest BCUT2D eigenvalue weighted by molar-refractivity contribution is 7.89. The van der Waals surface area contributed by atoms with Crippen LogP contribution in [0.3, 0.4) is 0 Å². The van der Waals surface area contributed by atoms with E-state index in [4.69, 9.17) is 0 Å². The number of rotatable bonds is 5. The molecule has 1 saturated heterocycles. The molecule has 0 spiro atoms. The molecular formula is C25H31N3O4S. The number of nitrogens with one attached hydrogen (secondary N) is 1. The molecular weight excluding hydrogens is 438 g/mol. The van der Waals surface area contributed by atoms with Gasteiger partial charge in [-0.1, -0.05) is 35.9 Å². The van der Waals surface area contributed by atoms with Crippen molar-refractivity contribution in [2.45, 2.75) is 50.5 Å². The van der Waals surface area contributed by atoms with E-state index in [1.54, 1.807) is 36.1 Å². The first kappa shape index (κ1) is 23.4. The zero-order valence-corrected chi connectivity index (χ0v) is 20.0. The van der Waals surface area contributed by atoms with E-state index in [9.17, 15) is 18.0 Å². The maximum absolute atomic E-state index is 13.1. The lowest BCUT2D eigenvalue weighted by Crippen LogP contribution is -2.51. The van der Waals surface area contributed by atoms with Crippen molar-refractivity contribution in [2.24, 2.45) is 5.92 Å². The number of anilines is 1. The van der Waals surface area contributed by atoms with Crippen LogP contribution < -0.4 is 10.2 Å². The number of nitrogens with zero attached hydrogens (tertiary/aromatic N) is 2. The summed E-state index contributed by atoms with van der Waals surface area (Å²) in [6.07, 6.45) is 2.72. The molecule has 0 aliphatic carbocycles. The number of hydrogen-bond acceptors (Lipinski definition) is 4. The van der Waals surface area contributed by atoms with Gasteiger partial charge >= 0.3 is 0 Å². The largest absolute Gasteiger partial charge is 0.344 e. The molecule has 2 aliphatic rings. The van der Waals surface area contributed by atoms with Crippen molar-refractivity contribution in [3.05, 3.63) is 59.7 Å². The van der Waals surface area contributed by atoms with E-state index in [0.717, 1.165) is 29.7 Å². The van der Waals surface area contributed by atoms with Gasteiger partial charge in [-0.25, -0.2) is 8.42 Å². The molecule has 0 aromatic heterocycles. The number of hydrogen-bond donors (Lipinski definition) is 1. The van der Waals surface area contributed by atoms with Gasteiger partial charge < -0.3 is 10.2 Å². The highest BCUT2D eigenvalue weighted by Gasteiger charge is 2.34. The fourth-order valence-electron chi connectivity index (χ4n) is 4.61. The summed E-state index contributed by atoms with van der Waals surface area (Å²) < 4.78 is 27.2. The van der Waals surface area contributed by atoms with E-state index in [1.807, 2.05) is 31.2 Å². The number of carbonyl (C=O) groups excluding carboxylic acids is 2. The Bertz CT molecular complexity index is 1120. The third-order valence-corrected chi connectivity index (χ3v) is 8.50. The first-order chi connectivity index (χ1) is 15.8. The summed E-state index contributed by atoms with van der Waals surface area (Å²) in [4.78, 5) is 28.0. The first-order valence-electron chi connectivity index (χ1n) is 11.5. The van der Waals surface area contributed by atoms with Gasteiger partial charge in [-0.2, -0.15) is 4.31 Å². The second-order valence-corrected chi connectivity index (χ2v) is 10.9. The van der Waals surface area contributed by atoms with Gasteiger partial charge in [-0.05, 0) is 63.3 Å². The number of para-hydroxylation sites is 1. The maximum atomic E-state index is 13.1. The van der Waals surface area contributed by atoms with E-state index >= 15 is 0 Å². The van der Waals surface area contributed by atoms with E-state index in [2.05, 4.69) is 5.32 Å². The molecule has 1 N–H and O–H groups in total. The summed E-state index contributed by atoms with van der Waals surface area (Å²) in [6.45, 7) is 4.85. The predicted octanol–water partition coefficient (Wildman–Crippen LogP) is 2.88. The Labute approximate surface area is 195 Å². The molecule has 2 heterocycles. The van der Waals surface area contributed by atoms with Gasteiger partial charge in [0.15, 0.2) is 0 Å². The highest BCUT2D eigenvalue weighted by atomic mass is 32.2. The second kappa shape index (κ2) is 9.65. The predicted molar refractivity (Wildman–Crippen MR) is 127 cm³/mol. The van der Waals surface area contributed by atoms with Crippen molar-refractivity contribution in [1.29, 1.82) is 0 Å². The van der Waals surface area contributed by atoms with Crippen molar-refractivity contribution in [1.82, 2.24) is 9.62 Å². The second-order valence-electron chi connectivity index (χ2n) is 8.94. The van der Waals surface area contributed by atoms with Gasteiger partial charge in [0.05, 0.1) is 4.90 Å². The molecule has 0 unspecified atom stereocenters. The van der Waals surface area contributed by atoms with E-state index in [1.165, 1.54) is 4.31 Å². The quantitative estimate of drug-likeness (QED) is 0.730. The van der Waals surface area contributed by atoms with Crippen LogP contribution in [0.5, 0.6) is 0 Å². The normalized spacial score (nSPS) is 18.4. The molecule has 8 heteroatoms. The van der Waals surface area contributed by atoms with E-state index < -0.39 is 16.1 Å². The molecule has 2 amide bonds. The molecule has 0 bridgehead atoms. The summed E-state index contributed by atoms with van der Waals surface area (Å²) in [5, 5.41) is 2.87. The summed E-state index contributed by atoms with van der Waals surface area (Å²) in [6, 6.07) is 14.1. The van der Waals surface area contributed by atoms with Crippen LogP contribution in [0.2, 0.25) is 0 Å². The average Bonchev–Trinajstić information content (AvgIpc) is 2.83. The number of piperidine rings is 1. The topological polar surface area (TPSA) is 86.8 Å². The van der Waals surface area contributed by atoms with E-state index in [0.29, 0.717) is 19.4 Å². The fourth-order valence-corrected chi connectivity index (χ4v) is 6.08. The van der Waals surface area contributed by atoms with Gasteiger partial charge in [0, 0.05) is 31.2 Å². The number of benzene rings is 2. The minimum Gasteiger partial charge on any atom is -0.344 e. The summed E-state index contributed by atoms with van der Waals surface area (Å²) in [5.41, 5.74) is 3.07. The Morgan fingerprint density at radius 2 is 1.67 bits per heavy atom. The SMILES string of the molecule is Cc1ccc(S(=O)(=O)N2CCC(C(=O)N[C@H](C)C(=O)N3CCCc4ccccc43)CC2)cc1. The van der Waals surface area contributed by atoms with Gasteiger partial charge in [0.25, 0.3) is 0 Å². The molecule has 0 radical (unpaired) electrons. The Hall–Kier alpha value is -2.71. The lowest BCUT2D eigenvalue weighted by molar-refractivity contribution is -0.130. The van der Waals surface area contributed by atoms with Crippen LogP contribution in [0.1, 0.15) is 37.3 Å². The number of sulfonamides is 1. The van der Waals surface area contributed by atoms with Gasteiger partial charge in [-0.15, -0.1) is 0 Å². The van der Waals surface area contributed by atoms with Crippen LogP contribution in [0.4, 0.5) is 5.69 Å². The first-order valence-corrected chi connectivity index (χ1v) is 13.0. The molecule has 2 aliphatic heterocycles. The van der Waals surface area contributed by atoms with Gasteiger partial charge in [-0.3, -0.25) is 9.59 Å². The Morgan fingerprint density at radius 1 is 1.00 bits per heavy atom. The molecule has 176 valence electrons. The fraction of sp³-hybridized carbons (Fsp3) is 0.440. The lowest BCUT2D eigenvalue weighted by atomic mass is 9.96. The van der Waals surface area contributed by atoms with Crippen LogP contribution in [0, 0.1) is 12.8 Å². The summed E-state index contributed by atoms with van der Waals surface area (Å²) in [7, 11) is -3.57. The number of amides is 2. The number of aryl methyl sites for hydroxylation is 2. The minimum absolute atomic E-state index is 0.116. The third-order valence-electron chi connectivity index (χ3n) is 6.59. The molecule has 2 aromatic rings. The molecule has 0 saturated carbocycles. The van der Waals surface area contributed by atoms with Crippen LogP contribution in [-0.2, 0) is 26.0 Å². The zero-order valence-electron chi connectivity index (χ0n) is 19.2. The minimum atomic E-state index is -3.57. The Balaban J connectivity index is 1.34. The van der Waals surface area contributed by atoms with Crippen LogP contribution in [0.15, 0.2) is 53.4 Å². The number of fused-ring (bicyclic) bond motifs is 1. The van der Waals surface area contributed by atoms with Crippen molar-refractivity contribution in [3.63, 3.8) is 0 Å². The van der Waals surface area contributed by atoms with Crippen molar-refractivity contribution in [2.75, 3.05) is 24.5 Å². The highest BCUT2D eigenvalue weighted by Crippen LogP contribution is 2.28. The summed E-state index contributed by atoms with van der Waals surface area (Å²) in [5.74, 6) is -0.609. The molecule has 2 aromatic carbocycles. The van der Waals surface area contributed by atoms with Crippen LogP contribution in [-0.4, -0.2) is 50.2 Å². The molecule has 4 rings (SSSR count). The number of carbonyl (C=O) groups is 2. The molecule has 1 fully saturated rings. The van der Waals surface area contributed by atoms with Gasteiger partial charge in [0.1, 0.15) is 6.04 Å². The monoisotopic (exact) mass is 469 g/mol. The standard InChI is InChI=1S/C25H31N3O4S/c1-18-9-11-22(12-10-18)33(31,32)27-16-13-21(14-17-27)24(29)26-19(2)25(30)28-15-5-7-20-6-3-4-8-23(20)28/h3-4,6,8-12,19,21H,5,7,13-17H2,1-2H3,(H,26,29)/t19-/m1/s1. The molecule has 33 heavy (non-hydrogen) atoms. The van der Waals surface area contributed by atoms with Crippen LogP contribution >= 0.6 is 0 Å². The smallest absolute Gasteiger partial charge is 0.249 e. The van der Waals surface area contributed by atoms with E-state index in [-0.39, 0.29) is 35.7 Å².